The summed E-state index contributed by atoms with van der Waals surface area (Å²) in [5.41, 5.74) is -0.227. The topological polar surface area (TPSA) is 104 Å². The summed E-state index contributed by atoms with van der Waals surface area (Å²) < 4.78 is 1.57. The Morgan fingerprint density at radius 1 is 1.41 bits per heavy atom. The van der Waals surface area contributed by atoms with Gasteiger partial charge in [0, 0.05) is 24.7 Å². The Bertz CT molecular complexity index is 640. The molecule has 0 bridgehead atoms. The lowest BCUT2D eigenvalue weighted by Crippen LogP contribution is -2.33. The van der Waals surface area contributed by atoms with Crippen molar-refractivity contribution in [1.82, 2.24) is 14.7 Å². The van der Waals surface area contributed by atoms with Gasteiger partial charge in [-0.1, -0.05) is 0 Å². The summed E-state index contributed by atoms with van der Waals surface area (Å²) in [6.45, 7) is -0.528. The lowest BCUT2D eigenvalue weighted by atomic mass is 10.2. The molecule has 0 fully saturated rings. The van der Waals surface area contributed by atoms with Crippen LogP contribution < -0.4 is 10.7 Å². The zero-order valence-electron chi connectivity index (χ0n) is 8.64. The molecule has 17 heavy (non-hydrogen) atoms. The highest BCUT2D eigenvalue weighted by Gasteiger charge is 2.15. The molecule has 2 rings (SSSR count). The highest BCUT2D eigenvalue weighted by atomic mass is 16.4. The molecule has 0 saturated carbocycles. The van der Waals surface area contributed by atoms with E-state index >= 15 is 0 Å². The molecule has 0 aromatic carbocycles. The first kappa shape index (κ1) is 10.9. The van der Waals surface area contributed by atoms with Gasteiger partial charge >= 0.3 is 5.97 Å². The fraction of sp³-hybridized carbons (Fsp3) is 0.100. The zero-order valence-corrected chi connectivity index (χ0v) is 8.64. The molecule has 0 radical (unpaired) electrons. The Hall–Kier alpha value is -2.57. The molecule has 2 heterocycles. The van der Waals surface area contributed by atoms with Crippen molar-refractivity contribution in [2.75, 3.05) is 6.54 Å². The van der Waals surface area contributed by atoms with E-state index in [-0.39, 0.29) is 5.56 Å². The van der Waals surface area contributed by atoms with Gasteiger partial charge < -0.3 is 19.8 Å². The zero-order chi connectivity index (χ0) is 12.4. The molecule has 0 aliphatic heterocycles. The van der Waals surface area contributed by atoms with Crippen molar-refractivity contribution in [3.05, 3.63) is 40.4 Å². The van der Waals surface area contributed by atoms with E-state index in [9.17, 15) is 14.4 Å². The molecule has 0 aliphatic rings. The molecule has 88 valence electrons. The number of hydrogen-bond donors (Lipinski definition) is 3. The summed E-state index contributed by atoms with van der Waals surface area (Å²) in [4.78, 5) is 36.3. The van der Waals surface area contributed by atoms with Crippen LogP contribution in [0, 0.1) is 0 Å². The highest BCUT2D eigenvalue weighted by molar-refractivity contribution is 6.00. The van der Waals surface area contributed by atoms with Crippen LogP contribution in [0.2, 0.25) is 0 Å². The minimum atomic E-state index is -1.17. The second-order valence-corrected chi connectivity index (χ2v) is 3.35. The number of fused-ring (bicyclic) bond motifs is 1. The van der Waals surface area contributed by atoms with Crippen molar-refractivity contribution in [2.24, 2.45) is 0 Å². The Morgan fingerprint density at radius 2 is 2.18 bits per heavy atom. The molecule has 0 atom stereocenters. The van der Waals surface area contributed by atoms with Gasteiger partial charge in [-0.25, -0.2) is 0 Å². The van der Waals surface area contributed by atoms with Crippen LogP contribution in [0.15, 0.2) is 29.5 Å². The predicted octanol–water partition coefficient (Wildman–Crippen LogP) is -0.558. The van der Waals surface area contributed by atoms with Crippen LogP contribution in [0.3, 0.4) is 0 Å². The molecular weight excluding hydrogens is 226 g/mol. The molecule has 0 aliphatic carbocycles. The first-order valence-electron chi connectivity index (χ1n) is 4.78. The second kappa shape index (κ2) is 4.12. The number of H-pyrrole nitrogens is 1. The number of aromatic amines is 1. The number of nitrogens with zero attached hydrogens (tertiary/aromatic N) is 1. The van der Waals surface area contributed by atoms with E-state index in [1.54, 1.807) is 16.8 Å². The minimum Gasteiger partial charge on any atom is -0.480 e. The number of carboxylic acid groups (broad SMARTS) is 1. The van der Waals surface area contributed by atoms with Gasteiger partial charge in [-0.15, -0.1) is 0 Å². The molecule has 7 heteroatoms. The van der Waals surface area contributed by atoms with E-state index in [1.807, 2.05) is 0 Å². The van der Waals surface area contributed by atoms with Crippen LogP contribution in [0.1, 0.15) is 10.4 Å². The molecule has 0 unspecified atom stereocenters. The van der Waals surface area contributed by atoms with Crippen molar-refractivity contribution in [3.63, 3.8) is 0 Å². The molecule has 1 amide bonds. The van der Waals surface area contributed by atoms with E-state index in [4.69, 9.17) is 5.11 Å². The Morgan fingerprint density at radius 3 is 2.88 bits per heavy atom. The van der Waals surface area contributed by atoms with Crippen molar-refractivity contribution in [2.45, 2.75) is 0 Å². The van der Waals surface area contributed by atoms with Crippen LogP contribution in [-0.2, 0) is 4.79 Å². The summed E-state index contributed by atoms with van der Waals surface area (Å²) in [5, 5.41) is 10.6. The number of carboxylic acids is 1. The normalized spacial score (nSPS) is 10.4. The van der Waals surface area contributed by atoms with Crippen LogP contribution in [0.5, 0.6) is 0 Å². The van der Waals surface area contributed by atoms with Gasteiger partial charge in [0.15, 0.2) is 5.43 Å². The third-order valence-corrected chi connectivity index (χ3v) is 2.21. The summed E-state index contributed by atoms with van der Waals surface area (Å²) in [7, 11) is 0. The quantitative estimate of drug-likeness (QED) is 0.663. The van der Waals surface area contributed by atoms with Gasteiger partial charge in [-0.05, 0) is 0 Å². The third-order valence-electron chi connectivity index (χ3n) is 2.21. The van der Waals surface area contributed by atoms with Gasteiger partial charge in [0.05, 0.1) is 0 Å². The molecular formula is C10H9N3O4. The number of carbonyl (C=O) groups excluding carboxylic acids is 1. The van der Waals surface area contributed by atoms with Gasteiger partial charge in [0.1, 0.15) is 17.8 Å². The first-order chi connectivity index (χ1) is 8.09. The van der Waals surface area contributed by atoms with Crippen LogP contribution in [-0.4, -0.2) is 32.9 Å². The minimum absolute atomic E-state index is 0.0984. The Kier molecular flexibility index (Phi) is 2.65. The lowest BCUT2D eigenvalue weighted by molar-refractivity contribution is -0.135. The standard InChI is InChI=1S/C10H9N3O4/c14-6-1-3-13-4-2-11-9(13)8(6)10(17)12-5-7(15)16/h1-4,11H,5H2,(H,12,17)(H,15,16). The van der Waals surface area contributed by atoms with E-state index in [0.29, 0.717) is 5.65 Å². The lowest BCUT2D eigenvalue weighted by Gasteiger charge is -2.03. The summed E-state index contributed by atoms with van der Waals surface area (Å²) in [5.74, 6) is -1.88. The molecule has 0 spiro atoms. The average molecular weight is 235 g/mol. The van der Waals surface area contributed by atoms with Gasteiger partial charge in [-0.2, -0.15) is 0 Å². The van der Waals surface area contributed by atoms with Crippen molar-refractivity contribution in [1.29, 1.82) is 0 Å². The predicted molar refractivity (Wildman–Crippen MR) is 58.0 cm³/mol. The van der Waals surface area contributed by atoms with E-state index < -0.39 is 23.9 Å². The van der Waals surface area contributed by atoms with Gasteiger partial charge in [0.2, 0.25) is 0 Å². The SMILES string of the molecule is O=C(O)CNC(=O)c1c(=O)ccn2cc[nH]c12. The van der Waals surface area contributed by atoms with Crippen molar-refractivity contribution >= 4 is 17.5 Å². The number of aliphatic carboxylic acids is 1. The van der Waals surface area contributed by atoms with E-state index in [2.05, 4.69) is 10.3 Å². The van der Waals surface area contributed by atoms with Crippen molar-refractivity contribution in [3.8, 4) is 0 Å². The number of aromatic nitrogens is 2. The van der Waals surface area contributed by atoms with Gasteiger partial charge in [0.25, 0.3) is 5.91 Å². The molecule has 7 nitrogen and oxygen atoms in total. The van der Waals surface area contributed by atoms with E-state index in [0.717, 1.165) is 0 Å². The fourth-order valence-electron chi connectivity index (χ4n) is 1.48. The largest absolute Gasteiger partial charge is 0.480 e. The maximum atomic E-state index is 11.7. The monoisotopic (exact) mass is 235 g/mol. The van der Waals surface area contributed by atoms with E-state index in [1.165, 1.54) is 12.3 Å². The molecule has 2 aromatic heterocycles. The maximum Gasteiger partial charge on any atom is 0.322 e. The van der Waals surface area contributed by atoms with Crippen LogP contribution >= 0.6 is 0 Å². The summed E-state index contributed by atoms with van der Waals surface area (Å²) in [6.07, 6.45) is 4.73. The Labute approximate surface area is 94.7 Å². The molecule has 0 saturated heterocycles. The third kappa shape index (κ3) is 2.03. The number of rotatable bonds is 3. The highest BCUT2D eigenvalue weighted by Crippen LogP contribution is 2.03. The fourth-order valence-corrected chi connectivity index (χ4v) is 1.48. The number of imidazole rings is 1. The average Bonchev–Trinajstić information content (AvgIpc) is 2.73. The van der Waals surface area contributed by atoms with Crippen molar-refractivity contribution < 1.29 is 14.7 Å². The second-order valence-electron chi connectivity index (χ2n) is 3.35. The number of carbonyl (C=O) groups is 2. The maximum absolute atomic E-state index is 11.7. The van der Waals surface area contributed by atoms with Gasteiger partial charge in [-0.3, -0.25) is 14.4 Å². The number of nitrogens with one attached hydrogen (secondary N) is 2. The number of amides is 1. The summed E-state index contributed by atoms with van der Waals surface area (Å²) >= 11 is 0. The number of pyridine rings is 1. The molecule has 2 aromatic rings. The first-order valence-corrected chi connectivity index (χ1v) is 4.78. The Balaban J connectivity index is 2.43. The summed E-state index contributed by atoms with van der Waals surface area (Å²) in [6, 6.07) is 1.25. The molecule has 3 N–H and O–H groups in total. The van der Waals surface area contributed by atoms with Crippen LogP contribution in [0.4, 0.5) is 0 Å². The van der Waals surface area contributed by atoms with Crippen LogP contribution in [0.25, 0.3) is 5.65 Å². The number of hydrogen-bond acceptors (Lipinski definition) is 3. The smallest absolute Gasteiger partial charge is 0.322 e.